The lowest BCUT2D eigenvalue weighted by molar-refractivity contribution is -0.118. The second-order valence-corrected chi connectivity index (χ2v) is 3.09. The van der Waals surface area contributed by atoms with Crippen LogP contribution in [0, 0.1) is 6.92 Å². The molecule has 1 atom stereocenters. The van der Waals surface area contributed by atoms with E-state index in [4.69, 9.17) is 5.73 Å². The van der Waals surface area contributed by atoms with E-state index < -0.39 is 11.9 Å². The zero-order valence-corrected chi connectivity index (χ0v) is 8.32. The summed E-state index contributed by atoms with van der Waals surface area (Å²) in [6, 6.07) is -0.405. The quantitative estimate of drug-likeness (QED) is 0.729. The highest BCUT2D eigenvalue weighted by atomic mass is 16.1. The summed E-state index contributed by atoms with van der Waals surface area (Å²) >= 11 is 0. The molecule has 1 aromatic rings. The van der Waals surface area contributed by atoms with Gasteiger partial charge >= 0.3 is 0 Å². The maximum Gasteiger partial charge on any atom is 0.239 e. The van der Waals surface area contributed by atoms with Gasteiger partial charge in [0.2, 0.25) is 11.9 Å². The third-order valence-electron chi connectivity index (χ3n) is 1.84. The number of hydrogen-bond donors (Lipinski definition) is 2. The Balaban J connectivity index is 2.67. The normalized spacial score (nSPS) is 12.1. The molecule has 3 N–H and O–H groups in total. The van der Waals surface area contributed by atoms with E-state index in [0.717, 1.165) is 5.56 Å². The summed E-state index contributed by atoms with van der Waals surface area (Å²) in [5, 5.41) is 2.86. The van der Waals surface area contributed by atoms with Crippen LogP contribution in [0.4, 0.5) is 5.95 Å². The van der Waals surface area contributed by atoms with Crippen LogP contribution < -0.4 is 11.1 Å². The molecular weight excluding hydrogens is 180 g/mol. The Bertz CT molecular complexity index is 309. The monoisotopic (exact) mass is 194 g/mol. The highest BCUT2D eigenvalue weighted by molar-refractivity contribution is 5.82. The third kappa shape index (κ3) is 2.69. The average molecular weight is 194 g/mol. The second-order valence-electron chi connectivity index (χ2n) is 3.09. The third-order valence-corrected chi connectivity index (χ3v) is 1.84. The van der Waals surface area contributed by atoms with Gasteiger partial charge in [-0.2, -0.15) is 0 Å². The van der Waals surface area contributed by atoms with Gasteiger partial charge in [-0.25, -0.2) is 9.97 Å². The van der Waals surface area contributed by atoms with E-state index in [-0.39, 0.29) is 0 Å². The zero-order chi connectivity index (χ0) is 10.6. The first-order valence-corrected chi connectivity index (χ1v) is 4.48. The van der Waals surface area contributed by atoms with Gasteiger partial charge in [-0.05, 0) is 18.9 Å². The minimum atomic E-state index is -0.405. The van der Waals surface area contributed by atoms with E-state index in [2.05, 4.69) is 15.3 Å². The molecule has 0 bridgehead atoms. The summed E-state index contributed by atoms with van der Waals surface area (Å²) in [5.74, 6) is 0.0397. The van der Waals surface area contributed by atoms with E-state index in [1.807, 2.05) is 13.8 Å². The second kappa shape index (κ2) is 4.55. The van der Waals surface area contributed by atoms with Gasteiger partial charge in [-0.3, -0.25) is 4.79 Å². The molecule has 76 valence electrons. The van der Waals surface area contributed by atoms with Gasteiger partial charge in [-0.15, -0.1) is 0 Å². The first-order valence-electron chi connectivity index (χ1n) is 4.48. The van der Waals surface area contributed by atoms with E-state index in [1.165, 1.54) is 0 Å². The van der Waals surface area contributed by atoms with Gasteiger partial charge in [0.25, 0.3) is 0 Å². The molecule has 0 saturated carbocycles. The number of carbonyl (C=O) groups excluding carboxylic acids is 1. The topological polar surface area (TPSA) is 80.9 Å². The Labute approximate surface area is 82.7 Å². The molecular formula is C9H14N4O. The smallest absolute Gasteiger partial charge is 0.239 e. The molecule has 14 heavy (non-hydrogen) atoms. The molecule has 0 fully saturated rings. The highest BCUT2D eigenvalue weighted by Crippen LogP contribution is 2.02. The van der Waals surface area contributed by atoms with Crippen molar-refractivity contribution in [3.05, 3.63) is 18.0 Å². The van der Waals surface area contributed by atoms with Crippen molar-refractivity contribution in [3.63, 3.8) is 0 Å². The van der Waals surface area contributed by atoms with Crippen LogP contribution in [0.5, 0.6) is 0 Å². The Morgan fingerprint density at radius 3 is 2.57 bits per heavy atom. The van der Waals surface area contributed by atoms with Crippen LogP contribution >= 0.6 is 0 Å². The Morgan fingerprint density at radius 2 is 2.14 bits per heavy atom. The predicted octanol–water partition coefficient (Wildman–Crippen LogP) is 0.461. The molecule has 1 unspecified atom stereocenters. The molecule has 5 nitrogen and oxygen atoms in total. The van der Waals surface area contributed by atoms with Gasteiger partial charge in [-0.1, -0.05) is 6.92 Å². The van der Waals surface area contributed by atoms with Crippen molar-refractivity contribution in [2.45, 2.75) is 26.3 Å². The molecule has 0 radical (unpaired) electrons. The van der Waals surface area contributed by atoms with Crippen molar-refractivity contribution < 1.29 is 4.79 Å². The Morgan fingerprint density at radius 1 is 1.57 bits per heavy atom. The van der Waals surface area contributed by atoms with Gasteiger partial charge in [0.05, 0.1) is 0 Å². The van der Waals surface area contributed by atoms with Crippen LogP contribution in [0.1, 0.15) is 18.9 Å². The Hall–Kier alpha value is -1.65. The fraction of sp³-hybridized carbons (Fsp3) is 0.444. The summed E-state index contributed by atoms with van der Waals surface area (Å²) in [7, 11) is 0. The fourth-order valence-corrected chi connectivity index (χ4v) is 0.997. The maximum absolute atomic E-state index is 10.9. The molecule has 0 aliphatic heterocycles. The lowest BCUT2D eigenvalue weighted by Gasteiger charge is -2.12. The molecule has 1 heterocycles. The predicted molar refractivity (Wildman–Crippen MR) is 53.7 cm³/mol. The number of aryl methyl sites for hydroxylation is 1. The number of carbonyl (C=O) groups is 1. The number of nitrogens with one attached hydrogen (secondary N) is 1. The summed E-state index contributed by atoms with van der Waals surface area (Å²) in [5.41, 5.74) is 6.14. The molecule has 0 aromatic carbocycles. The number of anilines is 1. The van der Waals surface area contributed by atoms with E-state index in [0.29, 0.717) is 12.4 Å². The van der Waals surface area contributed by atoms with Gasteiger partial charge in [0, 0.05) is 12.4 Å². The molecule has 1 rings (SSSR count). The van der Waals surface area contributed by atoms with Crippen molar-refractivity contribution in [1.82, 2.24) is 9.97 Å². The summed E-state index contributed by atoms with van der Waals surface area (Å²) in [6.07, 6.45) is 3.98. The minimum absolute atomic E-state index is 0.392. The van der Waals surface area contributed by atoms with Crippen molar-refractivity contribution in [1.29, 1.82) is 0 Å². The van der Waals surface area contributed by atoms with Crippen LogP contribution in [0.25, 0.3) is 0 Å². The van der Waals surface area contributed by atoms with E-state index >= 15 is 0 Å². The van der Waals surface area contributed by atoms with Crippen LogP contribution in [-0.2, 0) is 4.79 Å². The number of aromatic nitrogens is 2. The molecule has 0 spiro atoms. The number of amides is 1. The maximum atomic E-state index is 10.9. The van der Waals surface area contributed by atoms with E-state index in [9.17, 15) is 4.79 Å². The van der Waals surface area contributed by atoms with Gasteiger partial charge < -0.3 is 11.1 Å². The lowest BCUT2D eigenvalue weighted by Crippen LogP contribution is -2.35. The molecule has 0 saturated heterocycles. The summed E-state index contributed by atoms with van der Waals surface area (Å²) in [4.78, 5) is 18.9. The van der Waals surface area contributed by atoms with E-state index in [1.54, 1.807) is 12.4 Å². The first kappa shape index (κ1) is 10.4. The van der Waals surface area contributed by atoms with Gasteiger partial charge in [0.1, 0.15) is 6.04 Å². The zero-order valence-electron chi connectivity index (χ0n) is 8.32. The fourth-order valence-electron chi connectivity index (χ4n) is 0.997. The van der Waals surface area contributed by atoms with Crippen LogP contribution in [-0.4, -0.2) is 21.9 Å². The summed E-state index contributed by atoms with van der Waals surface area (Å²) < 4.78 is 0. The number of hydrogen-bond acceptors (Lipinski definition) is 4. The number of nitrogens with two attached hydrogens (primary N) is 1. The minimum Gasteiger partial charge on any atom is -0.368 e. The SMILES string of the molecule is CCC(Nc1ncc(C)cn1)C(N)=O. The van der Waals surface area contributed by atoms with Gasteiger partial charge in [0.15, 0.2) is 0 Å². The standard InChI is InChI=1S/C9H14N4O/c1-3-7(8(10)14)13-9-11-4-6(2)5-12-9/h4-5,7H,3H2,1-2H3,(H2,10,14)(H,11,12,13). The Kier molecular flexibility index (Phi) is 3.39. The average Bonchev–Trinajstić information content (AvgIpc) is 2.16. The molecule has 0 aliphatic carbocycles. The number of rotatable bonds is 4. The van der Waals surface area contributed by atoms with Crippen molar-refractivity contribution >= 4 is 11.9 Å². The van der Waals surface area contributed by atoms with Crippen molar-refractivity contribution in [2.24, 2.45) is 5.73 Å². The highest BCUT2D eigenvalue weighted by Gasteiger charge is 2.12. The van der Waals surface area contributed by atoms with Crippen LogP contribution in [0.2, 0.25) is 0 Å². The van der Waals surface area contributed by atoms with Crippen molar-refractivity contribution in [3.8, 4) is 0 Å². The molecule has 1 amide bonds. The van der Waals surface area contributed by atoms with Crippen LogP contribution in [0.15, 0.2) is 12.4 Å². The molecule has 0 aliphatic rings. The summed E-state index contributed by atoms with van der Waals surface area (Å²) in [6.45, 7) is 3.77. The number of primary amides is 1. The molecule has 1 aromatic heterocycles. The van der Waals surface area contributed by atoms with Crippen LogP contribution in [0.3, 0.4) is 0 Å². The lowest BCUT2D eigenvalue weighted by atomic mass is 10.2. The molecule has 5 heteroatoms. The largest absolute Gasteiger partial charge is 0.368 e. The first-order chi connectivity index (χ1) is 6.63. The number of nitrogens with zero attached hydrogens (tertiary/aromatic N) is 2. The van der Waals surface area contributed by atoms with Crippen molar-refractivity contribution in [2.75, 3.05) is 5.32 Å².